The third-order valence-corrected chi connectivity index (χ3v) is 3.75. The Labute approximate surface area is 108 Å². The average molecular weight is 247 g/mol. The molecule has 2 N–H and O–H groups in total. The minimum atomic E-state index is -0.293. The first-order valence-corrected chi connectivity index (χ1v) is 6.59. The number of hydrogen-bond acceptors (Lipinski definition) is 3. The van der Waals surface area contributed by atoms with E-state index in [0.29, 0.717) is 12.0 Å². The van der Waals surface area contributed by atoms with E-state index >= 15 is 0 Å². The summed E-state index contributed by atoms with van der Waals surface area (Å²) >= 11 is 0. The van der Waals surface area contributed by atoms with Crippen molar-refractivity contribution in [3.05, 3.63) is 29.8 Å². The molecule has 0 heterocycles. The molecule has 1 aromatic rings. The summed E-state index contributed by atoms with van der Waals surface area (Å²) in [7, 11) is 1.61. The normalized spacial score (nSPS) is 18.3. The predicted molar refractivity (Wildman–Crippen MR) is 71.9 cm³/mol. The molecule has 0 aliphatic heterocycles. The quantitative estimate of drug-likeness (QED) is 0.832. The van der Waals surface area contributed by atoms with Crippen LogP contribution in [0, 0.1) is 0 Å². The fraction of sp³-hybridized carbons (Fsp3) is 0.533. The highest BCUT2D eigenvalue weighted by Gasteiger charge is 2.30. The van der Waals surface area contributed by atoms with Gasteiger partial charge >= 0.3 is 0 Å². The first-order valence-electron chi connectivity index (χ1n) is 6.59. The third-order valence-electron chi connectivity index (χ3n) is 3.75. The maximum atomic E-state index is 12.3. The molecular weight excluding hydrogens is 226 g/mol. The number of Topliss-reactive ketones (excluding diaryl/α,β-unsaturated/α-hetero) is 1. The van der Waals surface area contributed by atoms with Crippen LogP contribution >= 0.6 is 0 Å². The van der Waals surface area contributed by atoms with Crippen LogP contribution in [0.3, 0.4) is 0 Å². The third kappa shape index (κ3) is 3.10. The van der Waals surface area contributed by atoms with Gasteiger partial charge < -0.3 is 10.5 Å². The predicted octanol–water partition coefficient (Wildman–Crippen LogP) is 2.93. The zero-order valence-corrected chi connectivity index (χ0v) is 10.9. The molecule has 0 aromatic heterocycles. The van der Waals surface area contributed by atoms with Crippen LogP contribution in [-0.4, -0.2) is 18.4 Å². The summed E-state index contributed by atoms with van der Waals surface area (Å²) < 4.78 is 5.14. The Morgan fingerprint density at radius 2 is 2.06 bits per heavy atom. The molecular formula is C15H21NO2. The fourth-order valence-electron chi connectivity index (χ4n) is 2.65. The zero-order valence-electron chi connectivity index (χ0n) is 10.9. The Bertz CT molecular complexity index is 422. The highest BCUT2D eigenvalue weighted by atomic mass is 16.5. The lowest BCUT2D eigenvalue weighted by atomic mass is 9.78. The van der Waals surface area contributed by atoms with Crippen molar-refractivity contribution in [3.8, 4) is 5.75 Å². The number of carbonyl (C=O) groups is 1. The van der Waals surface area contributed by atoms with Crippen LogP contribution in [0.5, 0.6) is 5.75 Å². The molecule has 0 saturated heterocycles. The number of rotatable bonds is 4. The number of ketones is 1. The van der Waals surface area contributed by atoms with Crippen LogP contribution in [0.15, 0.2) is 24.3 Å². The van der Waals surface area contributed by atoms with E-state index in [4.69, 9.17) is 10.5 Å². The molecule has 1 aromatic carbocycles. The second-order valence-corrected chi connectivity index (χ2v) is 5.25. The molecule has 1 saturated carbocycles. The maximum absolute atomic E-state index is 12.3. The van der Waals surface area contributed by atoms with E-state index in [2.05, 4.69) is 0 Å². The van der Waals surface area contributed by atoms with Crippen LogP contribution in [0.4, 0.5) is 0 Å². The van der Waals surface area contributed by atoms with Crippen molar-refractivity contribution in [2.24, 2.45) is 5.73 Å². The number of benzene rings is 1. The summed E-state index contributed by atoms with van der Waals surface area (Å²) in [5.41, 5.74) is 6.72. The van der Waals surface area contributed by atoms with Gasteiger partial charge in [-0.25, -0.2) is 0 Å². The molecule has 0 atom stereocenters. The second kappa shape index (κ2) is 5.53. The lowest BCUT2D eigenvalue weighted by Crippen LogP contribution is -2.43. The van der Waals surface area contributed by atoms with Gasteiger partial charge in [-0.15, -0.1) is 0 Å². The molecule has 0 radical (unpaired) electrons. The lowest BCUT2D eigenvalue weighted by Gasteiger charge is -2.32. The van der Waals surface area contributed by atoms with E-state index in [0.717, 1.165) is 31.4 Å². The minimum absolute atomic E-state index is 0.123. The van der Waals surface area contributed by atoms with Gasteiger partial charge in [0.05, 0.1) is 7.11 Å². The molecule has 0 unspecified atom stereocenters. The van der Waals surface area contributed by atoms with Crippen LogP contribution < -0.4 is 10.5 Å². The molecule has 98 valence electrons. The van der Waals surface area contributed by atoms with Gasteiger partial charge in [-0.05, 0) is 25.0 Å². The number of ether oxygens (including phenoxy) is 1. The molecule has 3 nitrogen and oxygen atoms in total. The summed E-state index contributed by atoms with van der Waals surface area (Å²) in [6.45, 7) is 0. The first-order chi connectivity index (χ1) is 8.63. The van der Waals surface area contributed by atoms with Crippen molar-refractivity contribution in [2.75, 3.05) is 7.11 Å². The molecule has 2 rings (SSSR count). The zero-order chi connectivity index (χ0) is 13.0. The van der Waals surface area contributed by atoms with Gasteiger partial charge in [0.15, 0.2) is 5.78 Å². The van der Waals surface area contributed by atoms with Gasteiger partial charge in [0.25, 0.3) is 0 Å². The van der Waals surface area contributed by atoms with Gasteiger partial charge in [0.1, 0.15) is 5.75 Å². The minimum Gasteiger partial charge on any atom is -0.497 e. The molecule has 1 fully saturated rings. The maximum Gasteiger partial charge on any atom is 0.164 e. The van der Waals surface area contributed by atoms with Crippen LogP contribution in [0.2, 0.25) is 0 Å². The lowest BCUT2D eigenvalue weighted by molar-refractivity contribution is 0.0934. The van der Waals surface area contributed by atoms with Crippen LogP contribution in [0.25, 0.3) is 0 Å². The standard InChI is InChI=1S/C15H21NO2/c1-18-13-7-5-6-12(10-13)14(17)11-15(16)8-3-2-4-9-15/h5-7,10H,2-4,8-9,11,16H2,1H3. The Hall–Kier alpha value is -1.35. The number of hydrogen-bond donors (Lipinski definition) is 1. The number of carbonyl (C=O) groups excluding carboxylic acids is 1. The highest BCUT2D eigenvalue weighted by Crippen LogP contribution is 2.30. The van der Waals surface area contributed by atoms with E-state index in [1.165, 1.54) is 6.42 Å². The van der Waals surface area contributed by atoms with Crippen molar-refractivity contribution in [2.45, 2.75) is 44.1 Å². The largest absolute Gasteiger partial charge is 0.497 e. The Morgan fingerprint density at radius 1 is 1.33 bits per heavy atom. The second-order valence-electron chi connectivity index (χ2n) is 5.25. The Kier molecular flexibility index (Phi) is 4.02. The van der Waals surface area contributed by atoms with E-state index < -0.39 is 0 Å². The molecule has 0 amide bonds. The molecule has 18 heavy (non-hydrogen) atoms. The highest BCUT2D eigenvalue weighted by molar-refractivity contribution is 5.97. The SMILES string of the molecule is COc1cccc(C(=O)CC2(N)CCCCC2)c1. The fourth-order valence-corrected chi connectivity index (χ4v) is 2.65. The van der Waals surface area contributed by atoms with Gasteiger partial charge in [0.2, 0.25) is 0 Å². The van der Waals surface area contributed by atoms with Crippen LogP contribution in [-0.2, 0) is 0 Å². The van der Waals surface area contributed by atoms with Gasteiger partial charge in [-0.3, -0.25) is 4.79 Å². The Morgan fingerprint density at radius 3 is 2.72 bits per heavy atom. The summed E-state index contributed by atoms with van der Waals surface area (Å²) in [4.78, 5) is 12.3. The first kappa shape index (κ1) is 13.1. The van der Waals surface area contributed by atoms with E-state index in [9.17, 15) is 4.79 Å². The molecule has 1 aliphatic carbocycles. The van der Waals surface area contributed by atoms with Crippen molar-refractivity contribution >= 4 is 5.78 Å². The average Bonchev–Trinajstić information content (AvgIpc) is 2.39. The molecule has 0 spiro atoms. The van der Waals surface area contributed by atoms with E-state index in [1.807, 2.05) is 18.2 Å². The van der Waals surface area contributed by atoms with E-state index in [1.54, 1.807) is 13.2 Å². The Balaban J connectivity index is 2.06. The summed E-state index contributed by atoms with van der Waals surface area (Å²) in [5, 5.41) is 0. The van der Waals surface area contributed by atoms with Crippen molar-refractivity contribution in [3.63, 3.8) is 0 Å². The van der Waals surface area contributed by atoms with Crippen molar-refractivity contribution in [1.29, 1.82) is 0 Å². The van der Waals surface area contributed by atoms with Gasteiger partial charge in [-0.2, -0.15) is 0 Å². The van der Waals surface area contributed by atoms with Gasteiger partial charge in [0, 0.05) is 17.5 Å². The van der Waals surface area contributed by atoms with Crippen LogP contribution in [0.1, 0.15) is 48.9 Å². The summed E-state index contributed by atoms with van der Waals surface area (Å²) in [5.74, 6) is 0.842. The van der Waals surface area contributed by atoms with Crippen molar-refractivity contribution < 1.29 is 9.53 Å². The number of methoxy groups -OCH3 is 1. The topological polar surface area (TPSA) is 52.3 Å². The van der Waals surface area contributed by atoms with Gasteiger partial charge in [-0.1, -0.05) is 31.4 Å². The smallest absolute Gasteiger partial charge is 0.164 e. The number of nitrogens with two attached hydrogens (primary N) is 1. The van der Waals surface area contributed by atoms with E-state index in [-0.39, 0.29) is 11.3 Å². The monoisotopic (exact) mass is 247 g/mol. The molecule has 3 heteroatoms. The molecule has 1 aliphatic rings. The van der Waals surface area contributed by atoms with Crippen molar-refractivity contribution in [1.82, 2.24) is 0 Å². The summed E-state index contributed by atoms with van der Waals surface area (Å²) in [6.07, 6.45) is 5.89. The molecule has 0 bridgehead atoms. The summed E-state index contributed by atoms with van der Waals surface area (Å²) in [6, 6.07) is 7.30.